The van der Waals surface area contributed by atoms with Crippen LogP contribution in [0.1, 0.15) is 13.8 Å². The first-order chi connectivity index (χ1) is 14.3. The molecule has 0 bridgehead atoms. The summed E-state index contributed by atoms with van der Waals surface area (Å²) >= 11 is 0. The van der Waals surface area contributed by atoms with Crippen LogP contribution in [-0.2, 0) is 9.59 Å². The van der Waals surface area contributed by atoms with E-state index in [1.165, 1.54) is 23.1 Å². The minimum atomic E-state index is -0.794. The van der Waals surface area contributed by atoms with Gasteiger partial charge in [0.1, 0.15) is 12.3 Å². The molecule has 2 aromatic carbocycles. The minimum absolute atomic E-state index is 0.112. The van der Waals surface area contributed by atoms with Crippen molar-refractivity contribution in [1.29, 1.82) is 0 Å². The number of carbonyl (C=O) groups excluding carboxylic acids is 2. The molecule has 10 nitrogen and oxygen atoms in total. The Morgan fingerprint density at radius 1 is 1.20 bits per heavy atom. The maximum atomic E-state index is 13.0. The van der Waals surface area contributed by atoms with Crippen molar-refractivity contribution in [1.82, 2.24) is 0 Å². The Labute approximate surface area is 171 Å². The summed E-state index contributed by atoms with van der Waals surface area (Å²) in [6.07, 6.45) is -0.794. The third-order valence-electron chi connectivity index (χ3n) is 4.77. The number of nitrogens with one attached hydrogen (secondary N) is 1. The molecule has 156 valence electrons. The van der Waals surface area contributed by atoms with Gasteiger partial charge in [0, 0.05) is 23.9 Å². The van der Waals surface area contributed by atoms with Gasteiger partial charge in [-0.3, -0.25) is 24.6 Å². The number of ether oxygens (including phenoxy) is 3. The minimum Gasteiger partial charge on any atom is -0.478 e. The van der Waals surface area contributed by atoms with Crippen LogP contribution in [0.3, 0.4) is 0 Å². The third-order valence-corrected chi connectivity index (χ3v) is 4.77. The molecule has 0 saturated heterocycles. The number of hydrogen-bond donors (Lipinski definition) is 1. The molecular weight excluding hydrogens is 394 g/mol. The van der Waals surface area contributed by atoms with Crippen LogP contribution in [0, 0.1) is 16.0 Å². The molecule has 2 aliphatic rings. The maximum Gasteiger partial charge on any atom is 0.271 e. The number of rotatable bonds is 5. The summed E-state index contributed by atoms with van der Waals surface area (Å²) < 4.78 is 16.3. The summed E-state index contributed by atoms with van der Waals surface area (Å²) in [6, 6.07) is 8.93. The van der Waals surface area contributed by atoms with Crippen LogP contribution in [0.2, 0.25) is 0 Å². The second-order valence-electron chi connectivity index (χ2n) is 7.23. The number of fused-ring (bicyclic) bond motifs is 2. The number of amides is 2. The standard InChI is InChI=1S/C20H19N3O7/c1-11(2)19-20(25)22(14-8-13(23(26)27)4-6-15(14)30-19)9-18(24)21-12-3-5-16-17(7-12)29-10-28-16/h3-8,11,19H,9-10H2,1-2H3,(H,21,24). The highest BCUT2D eigenvalue weighted by Crippen LogP contribution is 2.38. The number of nitro benzene ring substituents is 1. The van der Waals surface area contributed by atoms with Crippen molar-refractivity contribution in [3.05, 3.63) is 46.5 Å². The lowest BCUT2D eigenvalue weighted by molar-refractivity contribution is -0.384. The van der Waals surface area contributed by atoms with Crippen LogP contribution in [0.25, 0.3) is 0 Å². The van der Waals surface area contributed by atoms with Gasteiger partial charge in [-0.25, -0.2) is 0 Å². The fourth-order valence-corrected chi connectivity index (χ4v) is 3.29. The van der Waals surface area contributed by atoms with E-state index in [4.69, 9.17) is 14.2 Å². The van der Waals surface area contributed by atoms with E-state index >= 15 is 0 Å². The van der Waals surface area contributed by atoms with E-state index in [-0.39, 0.29) is 30.6 Å². The molecule has 1 unspecified atom stereocenters. The Kier molecular flexibility index (Phi) is 4.90. The van der Waals surface area contributed by atoms with Crippen LogP contribution in [0.15, 0.2) is 36.4 Å². The topological polar surface area (TPSA) is 120 Å². The monoisotopic (exact) mass is 413 g/mol. The van der Waals surface area contributed by atoms with Crippen molar-refractivity contribution in [3.8, 4) is 17.2 Å². The Balaban J connectivity index is 1.59. The van der Waals surface area contributed by atoms with E-state index in [1.54, 1.807) is 18.2 Å². The molecule has 2 heterocycles. The summed E-state index contributed by atoms with van der Waals surface area (Å²) in [5, 5.41) is 13.9. The molecule has 1 N–H and O–H groups in total. The van der Waals surface area contributed by atoms with Gasteiger partial charge < -0.3 is 19.5 Å². The van der Waals surface area contributed by atoms with E-state index in [0.29, 0.717) is 22.9 Å². The number of carbonyl (C=O) groups is 2. The lowest BCUT2D eigenvalue weighted by Gasteiger charge is -2.35. The lowest BCUT2D eigenvalue weighted by atomic mass is 10.0. The van der Waals surface area contributed by atoms with Crippen LogP contribution in [-0.4, -0.2) is 36.2 Å². The van der Waals surface area contributed by atoms with Crippen molar-refractivity contribution < 1.29 is 28.7 Å². The largest absolute Gasteiger partial charge is 0.478 e. The summed E-state index contributed by atoms with van der Waals surface area (Å²) in [7, 11) is 0. The predicted octanol–water partition coefficient (Wildman–Crippen LogP) is 2.71. The first-order valence-corrected chi connectivity index (χ1v) is 9.29. The molecule has 2 amide bonds. The number of non-ortho nitro benzene ring substituents is 1. The van der Waals surface area contributed by atoms with Crippen LogP contribution >= 0.6 is 0 Å². The molecule has 0 spiro atoms. The second kappa shape index (κ2) is 7.54. The first-order valence-electron chi connectivity index (χ1n) is 9.29. The van der Waals surface area contributed by atoms with Gasteiger partial charge in [-0.15, -0.1) is 0 Å². The molecule has 0 aromatic heterocycles. The SMILES string of the molecule is CC(C)C1Oc2ccc([N+](=O)[O-])cc2N(CC(=O)Nc2ccc3c(c2)OCO3)C1=O. The molecule has 2 aliphatic heterocycles. The maximum absolute atomic E-state index is 13.0. The van der Waals surface area contributed by atoms with E-state index in [9.17, 15) is 19.7 Å². The van der Waals surface area contributed by atoms with E-state index in [0.717, 1.165) is 0 Å². The zero-order chi connectivity index (χ0) is 21.4. The third kappa shape index (κ3) is 3.59. The van der Waals surface area contributed by atoms with Gasteiger partial charge in [0.15, 0.2) is 17.6 Å². The van der Waals surface area contributed by atoms with Gasteiger partial charge in [0.05, 0.1) is 10.6 Å². The highest BCUT2D eigenvalue weighted by Gasteiger charge is 2.38. The summed E-state index contributed by atoms with van der Waals surface area (Å²) in [5.74, 6) is 0.353. The van der Waals surface area contributed by atoms with Gasteiger partial charge in [-0.05, 0) is 24.1 Å². The van der Waals surface area contributed by atoms with Crippen molar-refractivity contribution in [2.24, 2.45) is 5.92 Å². The van der Waals surface area contributed by atoms with Crippen molar-refractivity contribution in [2.45, 2.75) is 20.0 Å². The van der Waals surface area contributed by atoms with Crippen molar-refractivity contribution in [3.63, 3.8) is 0 Å². The van der Waals surface area contributed by atoms with Gasteiger partial charge in [-0.1, -0.05) is 13.8 Å². The average Bonchev–Trinajstić information content (AvgIpc) is 3.17. The molecular formula is C20H19N3O7. The van der Waals surface area contributed by atoms with E-state index < -0.39 is 22.8 Å². The van der Waals surface area contributed by atoms with Crippen LogP contribution in [0.4, 0.5) is 17.1 Å². The Morgan fingerprint density at radius 3 is 2.67 bits per heavy atom. The van der Waals surface area contributed by atoms with Gasteiger partial charge in [0.25, 0.3) is 11.6 Å². The molecule has 0 radical (unpaired) electrons. The number of nitrogens with zero attached hydrogens (tertiary/aromatic N) is 2. The fourth-order valence-electron chi connectivity index (χ4n) is 3.29. The zero-order valence-corrected chi connectivity index (χ0v) is 16.3. The average molecular weight is 413 g/mol. The molecule has 0 fully saturated rings. The Hall–Kier alpha value is -3.82. The van der Waals surface area contributed by atoms with Gasteiger partial charge in [-0.2, -0.15) is 0 Å². The number of nitro groups is 1. The normalized spacial score (nSPS) is 16.8. The molecule has 0 aliphatic carbocycles. The quantitative estimate of drug-likeness (QED) is 0.591. The molecule has 2 aromatic rings. The molecule has 1 atom stereocenters. The van der Waals surface area contributed by atoms with Gasteiger partial charge >= 0.3 is 0 Å². The molecule has 30 heavy (non-hydrogen) atoms. The molecule has 10 heteroatoms. The van der Waals surface area contributed by atoms with Crippen LogP contribution in [0.5, 0.6) is 17.2 Å². The van der Waals surface area contributed by atoms with Gasteiger partial charge in [0.2, 0.25) is 12.7 Å². The summed E-state index contributed by atoms with van der Waals surface area (Å²) in [4.78, 5) is 37.5. The highest BCUT2D eigenvalue weighted by atomic mass is 16.7. The Morgan fingerprint density at radius 2 is 1.93 bits per heavy atom. The molecule has 4 rings (SSSR count). The summed E-state index contributed by atoms with van der Waals surface area (Å²) in [6.45, 7) is 3.43. The van der Waals surface area contributed by atoms with Crippen molar-refractivity contribution in [2.75, 3.05) is 23.6 Å². The van der Waals surface area contributed by atoms with Crippen molar-refractivity contribution >= 4 is 28.9 Å². The Bertz CT molecular complexity index is 1040. The lowest BCUT2D eigenvalue weighted by Crippen LogP contribution is -2.50. The number of anilines is 2. The molecule has 0 saturated carbocycles. The van der Waals surface area contributed by atoms with E-state index in [1.807, 2.05) is 13.8 Å². The second-order valence-corrected chi connectivity index (χ2v) is 7.23. The fraction of sp³-hybridized carbons (Fsp3) is 0.300. The predicted molar refractivity (Wildman–Crippen MR) is 106 cm³/mol. The highest BCUT2D eigenvalue weighted by molar-refractivity contribution is 6.06. The summed E-state index contributed by atoms with van der Waals surface area (Å²) in [5.41, 5.74) is 0.464. The zero-order valence-electron chi connectivity index (χ0n) is 16.3. The van der Waals surface area contributed by atoms with Crippen LogP contribution < -0.4 is 24.4 Å². The smallest absolute Gasteiger partial charge is 0.271 e. The number of hydrogen-bond acceptors (Lipinski definition) is 7. The first kappa shape index (κ1) is 19.5. The number of benzene rings is 2. The van der Waals surface area contributed by atoms with E-state index in [2.05, 4.69) is 5.32 Å².